The number of nitrogens with one attached hydrogen (secondary N) is 4. The smallest absolute Gasteiger partial charge is 0.234 e. The quantitative estimate of drug-likeness (QED) is 0.108. The number of aryl methyl sites for hydroxylation is 2. The fourth-order valence-corrected chi connectivity index (χ4v) is 6.62. The number of aromatic nitrogens is 4. The number of rotatable bonds is 10. The van der Waals surface area contributed by atoms with Gasteiger partial charge in [0.15, 0.2) is 10.3 Å². The predicted molar refractivity (Wildman–Crippen MR) is 186 cm³/mol. The van der Waals surface area contributed by atoms with Crippen LogP contribution >= 0.6 is 46.7 Å². The summed E-state index contributed by atoms with van der Waals surface area (Å²) < 4.78 is 0. The van der Waals surface area contributed by atoms with E-state index < -0.39 is 0 Å². The zero-order valence-electron chi connectivity index (χ0n) is 24.3. The summed E-state index contributed by atoms with van der Waals surface area (Å²) in [6.45, 7) is 4.05. The van der Waals surface area contributed by atoms with Crippen LogP contribution in [-0.4, -0.2) is 43.3 Å². The molecule has 2 heterocycles. The van der Waals surface area contributed by atoms with Crippen molar-refractivity contribution in [3.63, 3.8) is 0 Å². The van der Waals surface area contributed by atoms with Crippen molar-refractivity contribution in [1.82, 2.24) is 19.9 Å². The number of nitrogens with zero attached hydrogens (tertiary/aromatic N) is 2. The first-order valence-electron chi connectivity index (χ1n) is 14.0. The Labute approximate surface area is 278 Å². The highest BCUT2D eigenvalue weighted by Gasteiger charge is 2.13. The Morgan fingerprint density at radius 2 is 1.11 bits per heavy atom. The van der Waals surface area contributed by atoms with E-state index in [2.05, 4.69) is 30.6 Å². The number of anilines is 2. The molecular weight excluding hydrogens is 647 g/mol. The molecular formula is C33H28Cl2N6O2S2. The van der Waals surface area contributed by atoms with Gasteiger partial charge in [-0.3, -0.25) is 9.59 Å². The summed E-state index contributed by atoms with van der Waals surface area (Å²) in [5.74, 6) is 0.0243. The average Bonchev–Trinajstić information content (AvgIpc) is 3.60. The van der Waals surface area contributed by atoms with Gasteiger partial charge < -0.3 is 20.6 Å². The topological polar surface area (TPSA) is 116 Å². The van der Waals surface area contributed by atoms with Crippen molar-refractivity contribution in [2.75, 3.05) is 22.1 Å². The van der Waals surface area contributed by atoms with Crippen LogP contribution in [0.5, 0.6) is 0 Å². The molecule has 0 saturated carbocycles. The summed E-state index contributed by atoms with van der Waals surface area (Å²) in [5.41, 5.74) is 8.90. The highest BCUT2D eigenvalue weighted by molar-refractivity contribution is 8.00. The molecule has 0 saturated heterocycles. The molecule has 0 fully saturated rings. The average molecular weight is 676 g/mol. The van der Waals surface area contributed by atoms with Crippen molar-refractivity contribution in [1.29, 1.82) is 0 Å². The van der Waals surface area contributed by atoms with Gasteiger partial charge in [0, 0.05) is 0 Å². The van der Waals surface area contributed by atoms with Crippen molar-refractivity contribution in [2.45, 2.75) is 30.6 Å². The molecule has 0 atom stereocenters. The summed E-state index contributed by atoms with van der Waals surface area (Å²) in [6.07, 6.45) is 0.574. The van der Waals surface area contributed by atoms with Crippen LogP contribution in [0.15, 0.2) is 83.1 Å². The minimum absolute atomic E-state index is 0.179. The Hall–Kier alpha value is -3.96. The van der Waals surface area contributed by atoms with Crippen LogP contribution in [0.3, 0.4) is 0 Å². The second-order valence-corrected chi connectivity index (χ2v) is 13.3. The third kappa shape index (κ3) is 7.83. The number of carbonyl (C=O) groups is 2. The lowest BCUT2D eigenvalue weighted by Gasteiger charge is -2.11. The van der Waals surface area contributed by atoms with Crippen molar-refractivity contribution in [3.05, 3.63) is 105 Å². The summed E-state index contributed by atoms with van der Waals surface area (Å²) >= 11 is 15.7. The molecule has 0 radical (unpaired) electrons. The van der Waals surface area contributed by atoms with E-state index in [4.69, 9.17) is 23.2 Å². The van der Waals surface area contributed by atoms with Crippen molar-refractivity contribution >= 4 is 92.0 Å². The molecule has 0 aliphatic heterocycles. The van der Waals surface area contributed by atoms with Gasteiger partial charge in [0.2, 0.25) is 11.8 Å². The Balaban J connectivity index is 0.997. The second-order valence-electron chi connectivity index (χ2n) is 10.6. The molecule has 0 bridgehead atoms. The first-order chi connectivity index (χ1) is 21.7. The number of thioether (sulfide) groups is 2. The van der Waals surface area contributed by atoms with Crippen LogP contribution in [0.2, 0.25) is 10.0 Å². The number of fused-ring (bicyclic) bond motifs is 2. The van der Waals surface area contributed by atoms with E-state index in [9.17, 15) is 9.59 Å². The third-order valence-corrected chi connectivity index (χ3v) is 9.31. The van der Waals surface area contributed by atoms with E-state index in [1.54, 1.807) is 12.1 Å². The maximum atomic E-state index is 12.6. The zero-order valence-corrected chi connectivity index (χ0v) is 27.5. The monoisotopic (exact) mass is 674 g/mol. The van der Waals surface area contributed by atoms with Gasteiger partial charge in [0.25, 0.3) is 0 Å². The SMILES string of the molecule is Cc1ccc2nc(SCC(=O)Nc3ccc(Cc4ccc(NC(=O)CSc5nc6ccc(C)cc6[nH]5)c(Cl)c4)cc3Cl)[nH]c2c1. The number of halogens is 2. The number of aromatic amines is 2. The zero-order chi connectivity index (χ0) is 31.5. The first kappa shape index (κ1) is 31.0. The molecule has 45 heavy (non-hydrogen) atoms. The van der Waals surface area contributed by atoms with Crippen LogP contribution in [0.1, 0.15) is 22.3 Å². The van der Waals surface area contributed by atoms with Crippen molar-refractivity contribution in [3.8, 4) is 0 Å². The Kier molecular flexibility index (Phi) is 9.37. The first-order valence-corrected chi connectivity index (χ1v) is 16.8. The number of carbonyl (C=O) groups excluding carboxylic acids is 2. The van der Waals surface area contributed by atoms with Crippen LogP contribution in [0, 0.1) is 13.8 Å². The largest absolute Gasteiger partial charge is 0.333 e. The van der Waals surface area contributed by atoms with Gasteiger partial charge in [-0.1, -0.05) is 71.0 Å². The summed E-state index contributed by atoms with van der Waals surface area (Å²) in [5, 5.41) is 8.01. The molecule has 0 aliphatic carbocycles. The Morgan fingerprint density at radius 1 is 0.667 bits per heavy atom. The molecule has 4 aromatic carbocycles. The molecule has 2 aromatic heterocycles. The molecule has 0 aliphatic rings. The third-order valence-electron chi connectivity index (χ3n) is 6.93. The maximum absolute atomic E-state index is 12.6. The highest BCUT2D eigenvalue weighted by atomic mass is 35.5. The normalized spacial score (nSPS) is 11.3. The molecule has 4 N–H and O–H groups in total. The highest BCUT2D eigenvalue weighted by Crippen LogP contribution is 2.29. The Morgan fingerprint density at radius 3 is 1.53 bits per heavy atom. The summed E-state index contributed by atoms with van der Waals surface area (Å²) in [7, 11) is 0. The van der Waals surface area contributed by atoms with Gasteiger partial charge in [-0.05, 0) is 91.1 Å². The molecule has 0 spiro atoms. The van der Waals surface area contributed by atoms with Gasteiger partial charge in [-0.25, -0.2) is 9.97 Å². The minimum atomic E-state index is -0.179. The van der Waals surface area contributed by atoms with E-state index in [1.165, 1.54) is 23.5 Å². The van der Waals surface area contributed by atoms with Crippen LogP contribution in [0.4, 0.5) is 11.4 Å². The molecule has 0 unspecified atom stereocenters. The van der Waals surface area contributed by atoms with Gasteiger partial charge >= 0.3 is 0 Å². The van der Waals surface area contributed by atoms with E-state index >= 15 is 0 Å². The van der Waals surface area contributed by atoms with Gasteiger partial charge in [0.05, 0.1) is 55.0 Å². The van der Waals surface area contributed by atoms with E-state index in [0.717, 1.165) is 44.3 Å². The maximum Gasteiger partial charge on any atom is 0.234 e. The number of hydrogen-bond acceptors (Lipinski definition) is 6. The fourth-order valence-electron chi connectivity index (χ4n) is 4.75. The molecule has 6 rings (SSSR count). The van der Waals surface area contributed by atoms with Gasteiger partial charge in [0.1, 0.15) is 0 Å². The van der Waals surface area contributed by atoms with Gasteiger partial charge in [-0.2, -0.15) is 0 Å². The lowest BCUT2D eigenvalue weighted by atomic mass is 10.0. The predicted octanol–water partition coefficient (Wildman–Crippen LogP) is 8.42. The molecule has 6 aromatic rings. The standard InChI is InChI=1S/C33H28Cl2N6O2S2/c1-18-3-7-26-28(11-18)40-32(38-26)44-16-30(42)36-24-9-5-20(14-22(24)34)13-21-6-10-25(23(35)15-21)37-31(43)17-45-33-39-27-8-4-19(2)12-29(27)41-33/h3-12,14-15H,13,16-17H2,1-2H3,(H,36,42)(H,37,43)(H,38,40)(H,39,41). The molecule has 2 amide bonds. The molecule has 8 nitrogen and oxygen atoms in total. The van der Waals surface area contributed by atoms with E-state index in [1.807, 2.05) is 74.5 Å². The van der Waals surface area contributed by atoms with Gasteiger partial charge in [-0.15, -0.1) is 0 Å². The molecule has 228 valence electrons. The lowest BCUT2D eigenvalue weighted by molar-refractivity contribution is -0.114. The number of amides is 2. The fraction of sp³-hybridized carbons (Fsp3) is 0.152. The molecule has 12 heteroatoms. The summed E-state index contributed by atoms with van der Waals surface area (Å²) in [4.78, 5) is 40.7. The van der Waals surface area contributed by atoms with Crippen LogP contribution in [-0.2, 0) is 16.0 Å². The van der Waals surface area contributed by atoms with Crippen molar-refractivity contribution < 1.29 is 9.59 Å². The van der Waals surface area contributed by atoms with Crippen molar-refractivity contribution in [2.24, 2.45) is 0 Å². The lowest BCUT2D eigenvalue weighted by Crippen LogP contribution is -2.14. The number of H-pyrrole nitrogens is 2. The summed E-state index contributed by atoms with van der Waals surface area (Å²) in [6, 6.07) is 23.0. The minimum Gasteiger partial charge on any atom is -0.333 e. The van der Waals surface area contributed by atoms with Crippen LogP contribution < -0.4 is 10.6 Å². The van der Waals surface area contributed by atoms with Crippen LogP contribution in [0.25, 0.3) is 22.1 Å². The number of benzene rings is 4. The van der Waals surface area contributed by atoms with E-state index in [0.29, 0.717) is 38.2 Å². The number of imidazole rings is 2. The van der Waals surface area contributed by atoms with E-state index in [-0.39, 0.29) is 23.3 Å². The number of hydrogen-bond donors (Lipinski definition) is 4. The Bertz CT molecular complexity index is 1910. The second kappa shape index (κ2) is 13.6.